The second-order valence-corrected chi connectivity index (χ2v) is 5.37. The van der Waals surface area contributed by atoms with Gasteiger partial charge in [0.1, 0.15) is 5.75 Å². The molecule has 4 heteroatoms. The minimum absolute atomic E-state index is 0.0546. The summed E-state index contributed by atoms with van der Waals surface area (Å²) < 4.78 is 6.60. The van der Waals surface area contributed by atoms with E-state index in [1.807, 2.05) is 18.2 Å². The fourth-order valence-electron chi connectivity index (χ4n) is 1.76. The van der Waals surface area contributed by atoms with Gasteiger partial charge in [-0.25, -0.2) is 0 Å². The van der Waals surface area contributed by atoms with Crippen molar-refractivity contribution in [3.05, 3.63) is 28.2 Å². The van der Waals surface area contributed by atoms with Gasteiger partial charge in [0.15, 0.2) is 6.61 Å². The van der Waals surface area contributed by atoms with Gasteiger partial charge in [-0.2, -0.15) is 0 Å². The lowest BCUT2D eigenvalue weighted by atomic mass is 10.1. The van der Waals surface area contributed by atoms with Crippen LogP contribution in [0.4, 0.5) is 0 Å². The molecule has 1 aromatic carbocycles. The average Bonchev–Trinajstić information content (AvgIpc) is 2.42. The molecule has 0 unspecified atom stereocenters. The van der Waals surface area contributed by atoms with Crippen molar-refractivity contribution in [2.75, 3.05) is 13.2 Å². The summed E-state index contributed by atoms with van der Waals surface area (Å²) in [5.41, 5.74) is 1.10. The SMILES string of the molecule is CCCCCNC(=O)COc1ccc(Br)cc1CC. The normalized spacial score (nSPS) is 10.3. The van der Waals surface area contributed by atoms with Crippen LogP contribution in [0.25, 0.3) is 0 Å². The van der Waals surface area contributed by atoms with Crippen LogP contribution in [0.1, 0.15) is 38.7 Å². The zero-order valence-corrected chi connectivity index (χ0v) is 13.3. The van der Waals surface area contributed by atoms with Crippen molar-refractivity contribution in [3.8, 4) is 5.75 Å². The van der Waals surface area contributed by atoms with Gasteiger partial charge in [-0.3, -0.25) is 4.79 Å². The highest BCUT2D eigenvalue weighted by molar-refractivity contribution is 9.10. The lowest BCUT2D eigenvalue weighted by Crippen LogP contribution is -2.29. The quantitative estimate of drug-likeness (QED) is 0.739. The first kappa shape index (κ1) is 16.0. The topological polar surface area (TPSA) is 38.3 Å². The van der Waals surface area contributed by atoms with Gasteiger partial charge in [0.25, 0.3) is 5.91 Å². The average molecular weight is 328 g/mol. The van der Waals surface area contributed by atoms with Crippen LogP contribution in [-0.2, 0) is 11.2 Å². The number of rotatable bonds is 8. The Balaban J connectivity index is 2.37. The number of nitrogens with one attached hydrogen (secondary N) is 1. The molecule has 19 heavy (non-hydrogen) atoms. The molecule has 0 aromatic heterocycles. The van der Waals surface area contributed by atoms with Crippen LogP contribution in [0.15, 0.2) is 22.7 Å². The Labute approximate surface area is 123 Å². The van der Waals surface area contributed by atoms with Crippen molar-refractivity contribution >= 4 is 21.8 Å². The minimum Gasteiger partial charge on any atom is -0.483 e. The molecule has 0 saturated heterocycles. The molecule has 1 aromatic rings. The van der Waals surface area contributed by atoms with E-state index in [2.05, 4.69) is 35.1 Å². The van der Waals surface area contributed by atoms with Crippen LogP contribution >= 0.6 is 15.9 Å². The Hall–Kier alpha value is -1.03. The lowest BCUT2D eigenvalue weighted by molar-refractivity contribution is -0.123. The highest BCUT2D eigenvalue weighted by Gasteiger charge is 2.06. The van der Waals surface area contributed by atoms with Crippen LogP contribution in [0.5, 0.6) is 5.75 Å². The second-order valence-electron chi connectivity index (χ2n) is 4.45. The molecule has 0 heterocycles. The van der Waals surface area contributed by atoms with Crippen LogP contribution in [0.2, 0.25) is 0 Å². The maximum atomic E-state index is 11.6. The van der Waals surface area contributed by atoms with Gasteiger partial charge in [0, 0.05) is 11.0 Å². The van der Waals surface area contributed by atoms with E-state index in [1.54, 1.807) is 0 Å². The maximum Gasteiger partial charge on any atom is 0.257 e. The molecule has 0 fully saturated rings. The van der Waals surface area contributed by atoms with E-state index in [0.29, 0.717) is 0 Å². The molecule has 0 saturated carbocycles. The Morgan fingerprint density at radius 2 is 2.11 bits per heavy atom. The first-order chi connectivity index (χ1) is 9.17. The van der Waals surface area contributed by atoms with Gasteiger partial charge in [0.05, 0.1) is 0 Å². The van der Waals surface area contributed by atoms with E-state index in [0.717, 1.165) is 48.0 Å². The number of unbranched alkanes of at least 4 members (excludes halogenated alkanes) is 2. The number of carbonyl (C=O) groups excluding carboxylic acids is 1. The third kappa shape index (κ3) is 6.10. The van der Waals surface area contributed by atoms with E-state index >= 15 is 0 Å². The molecule has 0 aliphatic carbocycles. The summed E-state index contributed by atoms with van der Waals surface area (Å²) in [6, 6.07) is 5.84. The van der Waals surface area contributed by atoms with E-state index in [4.69, 9.17) is 4.74 Å². The van der Waals surface area contributed by atoms with Gasteiger partial charge < -0.3 is 10.1 Å². The van der Waals surface area contributed by atoms with Crippen molar-refractivity contribution in [1.82, 2.24) is 5.32 Å². The van der Waals surface area contributed by atoms with Crippen molar-refractivity contribution in [2.45, 2.75) is 39.5 Å². The van der Waals surface area contributed by atoms with Crippen LogP contribution < -0.4 is 10.1 Å². The zero-order valence-electron chi connectivity index (χ0n) is 11.7. The Kier molecular flexibility index (Phi) is 7.56. The summed E-state index contributed by atoms with van der Waals surface area (Å²) in [7, 11) is 0. The molecule has 0 bridgehead atoms. The summed E-state index contributed by atoms with van der Waals surface area (Å²) >= 11 is 3.43. The van der Waals surface area contributed by atoms with Gasteiger partial charge in [-0.05, 0) is 36.6 Å². The molecular weight excluding hydrogens is 306 g/mol. The molecule has 0 atom stereocenters. The number of halogens is 1. The predicted molar refractivity (Wildman–Crippen MR) is 81.5 cm³/mol. The van der Waals surface area contributed by atoms with Gasteiger partial charge in [-0.15, -0.1) is 0 Å². The van der Waals surface area contributed by atoms with E-state index in [9.17, 15) is 4.79 Å². The Bertz CT molecular complexity index is 407. The fraction of sp³-hybridized carbons (Fsp3) is 0.533. The number of hydrogen-bond donors (Lipinski definition) is 1. The molecule has 1 N–H and O–H groups in total. The lowest BCUT2D eigenvalue weighted by Gasteiger charge is -2.11. The number of ether oxygens (including phenoxy) is 1. The summed E-state index contributed by atoms with van der Waals surface area (Å²) in [5.74, 6) is 0.732. The number of hydrogen-bond acceptors (Lipinski definition) is 2. The van der Waals surface area contributed by atoms with Crippen molar-refractivity contribution in [2.24, 2.45) is 0 Å². The van der Waals surface area contributed by atoms with Crippen LogP contribution in [0.3, 0.4) is 0 Å². The monoisotopic (exact) mass is 327 g/mol. The minimum atomic E-state index is -0.0546. The zero-order chi connectivity index (χ0) is 14.1. The molecule has 0 aliphatic heterocycles. The third-order valence-electron chi connectivity index (χ3n) is 2.86. The molecule has 0 radical (unpaired) electrons. The number of carbonyl (C=O) groups is 1. The molecule has 1 amide bonds. The Morgan fingerprint density at radius 3 is 2.79 bits per heavy atom. The highest BCUT2D eigenvalue weighted by Crippen LogP contribution is 2.23. The number of aryl methyl sites for hydroxylation is 1. The maximum absolute atomic E-state index is 11.6. The molecule has 1 rings (SSSR count). The van der Waals surface area contributed by atoms with E-state index < -0.39 is 0 Å². The largest absolute Gasteiger partial charge is 0.483 e. The first-order valence-corrected chi connectivity index (χ1v) is 7.64. The van der Waals surface area contributed by atoms with Gasteiger partial charge >= 0.3 is 0 Å². The fourth-order valence-corrected chi connectivity index (χ4v) is 2.17. The molecule has 0 spiro atoms. The van der Waals surface area contributed by atoms with E-state index in [1.165, 1.54) is 0 Å². The number of benzene rings is 1. The molecule has 0 aliphatic rings. The first-order valence-electron chi connectivity index (χ1n) is 6.85. The van der Waals surface area contributed by atoms with Crippen molar-refractivity contribution in [3.63, 3.8) is 0 Å². The highest BCUT2D eigenvalue weighted by atomic mass is 79.9. The number of amides is 1. The smallest absolute Gasteiger partial charge is 0.257 e. The summed E-state index contributed by atoms with van der Waals surface area (Å²) in [6.45, 7) is 5.03. The summed E-state index contributed by atoms with van der Waals surface area (Å²) in [5, 5.41) is 2.86. The van der Waals surface area contributed by atoms with Gasteiger partial charge in [0.2, 0.25) is 0 Å². The van der Waals surface area contributed by atoms with E-state index in [-0.39, 0.29) is 12.5 Å². The van der Waals surface area contributed by atoms with Gasteiger partial charge in [-0.1, -0.05) is 42.6 Å². The van der Waals surface area contributed by atoms with Crippen LogP contribution in [-0.4, -0.2) is 19.1 Å². The molecule has 3 nitrogen and oxygen atoms in total. The Morgan fingerprint density at radius 1 is 1.32 bits per heavy atom. The van der Waals surface area contributed by atoms with Crippen molar-refractivity contribution < 1.29 is 9.53 Å². The predicted octanol–water partition coefficient (Wildman–Crippen LogP) is 3.70. The molecule has 106 valence electrons. The standard InChI is InChI=1S/C15H22BrNO2/c1-3-5-6-9-17-15(18)11-19-14-8-7-13(16)10-12(14)4-2/h7-8,10H,3-6,9,11H2,1-2H3,(H,17,18). The summed E-state index contributed by atoms with van der Waals surface area (Å²) in [6.07, 6.45) is 4.21. The molecular formula is C15H22BrNO2. The van der Waals surface area contributed by atoms with Crippen LogP contribution in [0, 0.1) is 0 Å². The second kappa shape index (κ2) is 8.97. The summed E-state index contributed by atoms with van der Waals surface area (Å²) in [4.78, 5) is 11.6. The third-order valence-corrected chi connectivity index (χ3v) is 3.36. The van der Waals surface area contributed by atoms with Crippen molar-refractivity contribution in [1.29, 1.82) is 0 Å².